The van der Waals surface area contributed by atoms with E-state index in [1.54, 1.807) is 18.3 Å². The minimum absolute atomic E-state index is 0.0669. The Morgan fingerprint density at radius 2 is 1.56 bits per heavy atom. The van der Waals surface area contributed by atoms with Gasteiger partial charge in [-0.05, 0) is 52.3 Å². The molecule has 0 spiro atoms. The van der Waals surface area contributed by atoms with Gasteiger partial charge in [0.15, 0.2) is 5.43 Å². The standard InChI is InChI=1S/C26H35N7O/c1-5-32(13-10-30(2)3)20-6-8-27-23(16-20)25-18-22(34)19-26(29-25)24-17-21(7-9-28-24)33-14-11-31(4)12-15-33/h6-9,16-19H,5,10-15H2,1-4H3,(H,29,34). The minimum atomic E-state index is -0.0669. The molecule has 0 aromatic carbocycles. The molecule has 0 aliphatic carbocycles. The van der Waals surface area contributed by atoms with Gasteiger partial charge in [-0.2, -0.15) is 0 Å². The van der Waals surface area contributed by atoms with Crippen molar-refractivity contribution < 1.29 is 0 Å². The van der Waals surface area contributed by atoms with Crippen LogP contribution in [0, 0.1) is 0 Å². The average Bonchev–Trinajstić information content (AvgIpc) is 2.84. The predicted octanol–water partition coefficient (Wildman–Crippen LogP) is 2.64. The van der Waals surface area contributed by atoms with Crippen molar-refractivity contribution in [3.05, 3.63) is 59.0 Å². The van der Waals surface area contributed by atoms with Crippen LogP contribution in [0.4, 0.5) is 11.4 Å². The summed E-state index contributed by atoms with van der Waals surface area (Å²) in [7, 11) is 6.31. The third kappa shape index (κ3) is 5.81. The number of piperazine rings is 1. The van der Waals surface area contributed by atoms with E-state index in [0.717, 1.165) is 68.6 Å². The van der Waals surface area contributed by atoms with Crippen LogP contribution in [0.25, 0.3) is 22.8 Å². The molecule has 1 aliphatic rings. The molecule has 180 valence electrons. The highest BCUT2D eigenvalue weighted by atomic mass is 16.1. The number of anilines is 2. The third-order valence-corrected chi connectivity index (χ3v) is 6.31. The summed E-state index contributed by atoms with van der Waals surface area (Å²) in [5.74, 6) is 0. The lowest BCUT2D eigenvalue weighted by atomic mass is 10.1. The van der Waals surface area contributed by atoms with E-state index in [2.05, 4.69) is 68.7 Å². The SMILES string of the molecule is CCN(CCN(C)C)c1ccnc(-c2cc(=O)cc(-c3cc(N4CCN(C)CC4)ccn3)[nH]2)c1. The molecule has 4 rings (SSSR count). The topological polar surface area (TPSA) is 71.6 Å². The molecule has 0 unspecified atom stereocenters. The number of aromatic amines is 1. The van der Waals surface area contributed by atoms with E-state index >= 15 is 0 Å². The molecule has 1 fully saturated rings. The Morgan fingerprint density at radius 3 is 2.21 bits per heavy atom. The van der Waals surface area contributed by atoms with Crippen LogP contribution >= 0.6 is 0 Å². The van der Waals surface area contributed by atoms with Gasteiger partial charge in [0.2, 0.25) is 0 Å². The van der Waals surface area contributed by atoms with E-state index in [1.807, 2.05) is 24.4 Å². The Balaban J connectivity index is 1.62. The smallest absolute Gasteiger partial charge is 0.182 e. The van der Waals surface area contributed by atoms with Gasteiger partial charge in [0.25, 0.3) is 0 Å². The second-order valence-corrected chi connectivity index (χ2v) is 9.12. The molecule has 8 nitrogen and oxygen atoms in total. The fourth-order valence-electron chi connectivity index (χ4n) is 4.20. The van der Waals surface area contributed by atoms with E-state index in [4.69, 9.17) is 0 Å². The molecule has 0 amide bonds. The molecule has 34 heavy (non-hydrogen) atoms. The van der Waals surface area contributed by atoms with E-state index in [9.17, 15) is 4.79 Å². The minimum Gasteiger partial charge on any atom is -0.370 e. The van der Waals surface area contributed by atoms with Crippen LogP contribution in [0.2, 0.25) is 0 Å². The van der Waals surface area contributed by atoms with Gasteiger partial charge in [-0.3, -0.25) is 14.8 Å². The number of aromatic nitrogens is 3. The quantitative estimate of drug-likeness (QED) is 0.553. The molecule has 0 radical (unpaired) electrons. The average molecular weight is 462 g/mol. The Hall–Kier alpha value is -3.23. The predicted molar refractivity (Wildman–Crippen MR) is 140 cm³/mol. The normalized spacial score (nSPS) is 14.6. The molecular weight excluding hydrogens is 426 g/mol. The zero-order chi connectivity index (χ0) is 24.1. The van der Waals surface area contributed by atoms with Crippen LogP contribution in [-0.4, -0.2) is 91.7 Å². The lowest BCUT2D eigenvalue weighted by Gasteiger charge is -2.34. The van der Waals surface area contributed by atoms with Gasteiger partial charge in [-0.15, -0.1) is 0 Å². The maximum atomic E-state index is 12.6. The van der Waals surface area contributed by atoms with Gasteiger partial charge in [0.1, 0.15) is 0 Å². The molecular formula is C26H35N7O. The summed E-state index contributed by atoms with van der Waals surface area (Å²) in [4.78, 5) is 34.3. The molecule has 3 aromatic rings. The first-order valence-corrected chi connectivity index (χ1v) is 11.9. The summed E-state index contributed by atoms with van der Waals surface area (Å²) < 4.78 is 0. The fourth-order valence-corrected chi connectivity index (χ4v) is 4.20. The third-order valence-electron chi connectivity index (χ3n) is 6.31. The van der Waals surface area contributed by atoms with Crippen molar-refractivity contribution >= 4 is 11.4 Å². The number of hydrogen-bond acceptors (Lipinski definition) is 7. The van der Waals surface area contributed by atoms with Crippen molar-refractivity contribution in [2.24, 2.45) is 0 Å². The van der Waals surface area contributed by atoms with Crippen LogP contribution < -0.4 is 15.2 Å². The number of rotatable bonds is 8. The Bertz CT molecular complexity index is 1150. The first-order valence-electron chi connectivity index (χ1n) is 11.9. The van der Waals surface area contributed by atoms with Crippen LogP contribution in [0.5, 0.6) is 0 Å². The molecule has 1 N–H and O–H groups in total. The van der Waals surface area contributed by atoms with Gasteiger partial charge in [0, 0.05) is 81.7 Å². The second kappa shape index (κ2) is 10.8. The molecule has 0 bridgehead atoms. The highest BCUT2D eigenvalue weighted by Gasteiger charge is 2.16. The number of H-pyrrole nitrogens is 1. The van der Waals surface area contributed by atoms with Crippen LogP contribution in [-0.2, 0) is 0 Å². The van der Waals surface area contributed by atoms with Gasteiger partial charge in [-0.1, -0.05) is 0 Å². The number of hydrogen-bond donors (Lipinski definition) is 1. The number of likely N-dealkylation sites (N-methyl/N-ethyl adjacent to an activating group) is 3. The van der Waals surface area contributed by atoms with E-state index in [1.165, 1.54) is 0 Å². The number of pyridine rings is 3. The summed E-state index contributed by atoms with van der Waals surface area (Å²) in [5.41, 5.74) is 5.05. The van der Waals surface area contributed by atoms with Crippen LogP contribution in [0.1, 0.15) is 6.92 Å². The van der Waals surface area contributed by atoms with Crippen molar-refractivity contribution in [2.45, 2.75) is 6.92 Å². The summed E-state index contributed by atoms with van der Waals surface area (Å²) in [6.45, 7) is 8.97. The maximum absolute atomic E-state index is 12.6. The molecule has 8 heteroatoms. The first-order chi connectivity index (χ1) is 16.4. The fraction of sp³-hybridized carbons (Fsp3) is 0.423. The van der Waals surface area contributed by atoms with Gasteiger partial charge in [0.05, 0.1) is 22.8 Å². The maximum Gasteiger partial charge on any atom is 0.182 e. The van der Waals surface area contributed by atoms with E-state index in [0.29, 0.717) is 11.4 Å². The summed E-state index contributed by atoms with van der Waals surface area (Å²) >= 11 is 0. The largest absolute Gasteiger partial charge is 0.370 e. The van der Waals surface area contributed by atoms with Crippen LogP contribution in [0.15, 0.2) is 53.6 Å². The molecule has 0 saturated carbocycles. The monoisotopic (exact) mass is 461 g/mol. The van der Waals surface area contributed by atoms with Crippen molar-refractivity contribution in [3.8, 4) is 22.8 Å². The summed E-state index contributed by atoms with van der Waals surface area (Å²) in [6.07, 6.45) is 3.62. The highest BCUT2D eigenvalue weighted by molar-refractivity contribution is 5.67. The molecule has 3 aromatic heterocycles. The number of nitrogens with one attached hydrogen (secondary N) is 1. The molecule has 0 atom stereocenters. The van der Waals surface area contributed by atoms with Crippen molar-refractivity contribution in [1.29, 1.82) is 0 Å². The lowest BCUT2D eigenvalue weighted by molar-refractivity contribution is 0.313. The van der Waals surface area contributed by atoms with E-state index < -0.39 is 0 Å². The molecule has 4 heterocycles. The zero-order valence-corrected chi connectivity index (χ0v) is 20.7. The second-order valence-electron chi connectivity index (χ2n) is 9.12. The van der Waals surface area contributed by atoms with Gasteiger partial charge < -0.3 is 24.6 Å². The number of nitrogens with zero attached hydrogens (tertiary/aromatic N) is 6. The zero-order valence-electron chi connectivity index (χ0n) is 20.7. The highest BCUT2D eigenvalue weighted by Crippen LogP contribution is 2.25. The van der Waals surface area contributed by atoms with Crippen molar-refractivity contribution in [2.75, 3.05) is 76.8 Å². The van der Waals surface area contributed by atoms with E-state index in [-0.39, 0.29) is 5.43 Å². The van der Waals surface area contributed by atoms with Gasteiger partial charge >= 0.3 is 0 Å². The Labute approximate surface area is 201 Å². The first kappa shape index (κ1) is 23.9. The summed E-state index contributed by atoms with van der Waals surface area (Å²) in [6, 6.07) is 11.4. The summed E-state index contributed by atoms with van der Waals surface area (Å²) in [5, 5.41) is 0. The Kier molecular flexibility index (Phi) is 7.59. The van der Waals surface area contributed by atoms with Crippen LogP contribution in [0.3, 0.4) is 0 Å². The van der Waals surface area contributed by atoms with Gasteiger partial charge in [-0.25, -0.2) is 0 Å². The van der Waals surface area contributed by atoms with Crippen molar-refractivity contribution in [3.63, 3.8) is 0 Å². The Morgan fingerprint density at radius 1 is 0.912 bits per heavy atom. The molecule has 1 saturated heterocycles. The molecule has 1 aliphatic heterocycles. The lowest BCUT2D eigenvalue weighted by Crippen LogP contribution is -2.44. The van der Waals surface area contributed by atoms with Crippen molar-refractivity contribution in [1.82, 2.24) is 24.8 Å².